The van der Waals surface area contributed by atoms with Crippen LogP contribution in [0.1, 0.15) is 40.5 Å². The van der Waals surface area contributed by atoms with Gasteiger partial charge in [0, 0.05) is 12.8 Å². The Kier molecular flexibility index (Phi) is 9.41. The second-order valence-corrected chi connectivity index (χ2v) is 3.12. The second kappa shape index (κ2) is 8.24. The minimum absolute atomic E-state index is 0.245. The third kappa shape index (κ3) is 22.9. The summed E-state index contributed by atoms with van der Waals surface area (Å²) >= 11 is 0. The summed E-state index contributed by atoms with van der Waals surface area (Å²) in [5, 5.41) is 0. The molecule has 0 saturated heterocycles. The summed E-state index contributed by atoms with van der Waals surface area (Å²) in [6, 6.07) is 0. The summed E-state index contributed by atoms with van der Waals surface area (Å²) in [6.45, 7) is 7.44. The molecular weight excluding hydrogens is 154 g/mol. The number of nitrogens with two attached hydrogens (primary N) is 1. The van der Waals surface area contributed by atoms with Crippen molar-refractivity contribution in [2.24, 2.45) is 11.7 Å². The number of hydrogen-bond donors (Lipinski definition) is 1. The van der Waals surface area contributed by atoms with Crippen LogP contribution in [0, 0.1) is 5.92 Å². The van der Waals surface area contributed by atoms with Gasteiger partial charge in [-0.2, -0.15) is 0 Å². The van der Waals surface area contributed by atoms with E-state index in [1.165, 1.54) is 0 Å². The van der Waals surface area contributed by atoms with Crippen molar-refractivity contribution in [2.45, 2.75) is 40.5 Å². The molecule has 0 heterocycles. The molecule has 3 nitrogen and oxygen atoms in total. The highest BCUT2D eigenvalue weighted by atomic mass is 16.1. The lowest BCUT2D eigenvalue weighted by atomic mass is 10.1. The van der Waals surface area contributed by atoms with E-state index in [2.05, 4.69) is 5.73 Å². The van der Waals surface area contributed by atoms with Crippen molar-refractivity contribution in [3.8, 4) is 0 Å². The Morgan fingerprint density at radius 2 is 1.67 bits per heavy atom. The van der Waals surface area contributed by atoms with E-state index in [1.54, 1.807) is 13.8 Å². The lowest BCUT2D eigenvalue weighted by Gasteiger charge is -1.95. The SMILES string of the molecule is CC(=O)CC(C)C.CCC(N)=O. The van der Waals surface area contributed by atoms with Gasteiger partial charge < -0.3 is 10.5 Å². The van der Waals surface area contributed by atoms with E-state index in [9.17, 15) is 9.59 Å². The predicted molar refractivity (Wildman–Crippen MR) is 49.6 cm³/mol. The van der Waals surface area contributed by atoms with Gasteiger partial charge in [0.25, 0.3) is 0 Å². The summed E-state index contributed by atoms with van der Waals surface area (Å²) in [6.07, 6.45) is 1.17. The monoisotopic (exact) mass is 173 g/mol. The molecule has 0 aliphatic heterocycles. The van der Waals surface area contributed by atoms with Gasteiger partial charge in [-0.3, -0.25) is 4.79 Å². The van der Waals surface area contributed by atoms with Gasteiger partial charge in [-0.15, -0.1) is 0 Å². The van der Waals surface area contributed by atoms with Crippen LogP contribution in [-0.4, -0.2) is 11.7 Å². The van der Waals surface area contributed by atoms with Crippen LogP contribution in [0.4, 0.5) is 0 Å². The Bertz CT molecular complexity index is 141. The Morgan fingerprint density at radius 1 is 1.33 bits per heavy atom. The smallest absolute Gasteiger partial charge is 0.217 e. The highest BCUT2D eigenvalue weighted by Crippen LogP contribution is 1.97. The van der Waals surface area contributed by atoms with E-state index in [0.29, 0.717) is 12.3 Å². The molecule has 0 rings (SSSR count). The van der Waals surface area contributed by atoms with E-state index < -0.39 is 0 Å². The fraction of sp³-hybridized carbons (Fsp3) is 0.778. The van der Waals surface area contributed by atoms with Gasteiger partial charge in [-0.25, -0.2) is 0 Å². The van der Waals surface area contributed by atoms with Gasteiger partial charge in [0.15, 0.2) is 0 Å². The molecule has 0 aromatic carbocycles. The number of rotatable bonds is 3. The average molecular weight is 173 g/mol. The van der Waals surface area contributed by atoms with Crippen LogP contribution in [0.15, 0.2) is 0 Å². The van der Waals surface area contributed by atoms with Crippen molar-refractivity contribution in [2.75, 3.05) is 0 Å². The van der Waals surface area contributed by atoms with Crippen LogP contribution in [0.25, 0.3) is 0 Å². The zero-order valence-electron chi connectivity index (χ0n) is 8.39. The molecule has 0 radical (unpaired) electrons. The molecule has 0 aromatic heterocycles. The zero-order valence-corrected chi connectivity index (χ0v) is 8.39. The minimum atomic E-state index is -0.245. The number of ketones is 1. The van der Waals surface area contributed by atoms with Gasteiger partial charge in [-0.05, 0) is 12.8 Å². The summed E-state index contributed by atoms with van der Waals surface area (Å²) in [5.41, 5.74) is 4.65. The van der Waals surface area contributed by atoms with E-state index in [1.807, 2.05) is 13.8 Å². The zero-order chi connectivity index (χ0) is 10.1. The van der Waals surface area contributed by atoms with Gasteiger partial charge in [0.1, 0.15) is 5.78 Å². The number of primary amides is 1. The largest absolute Gasteiger partial charge is 0.370 e. The first-order chi connectivity index (χ1) is 5.40. The molecule has 0 aliphatic carbocycles. The third-order valence-electron chi connectivity index (χ3n) is 1.04. The molecule has 0 aliphatic rings. The molecule has 0 saturated carbocycles. The third-order valence-corrected chi connectivity index (χ3v) is 1.04. The lowest BCUT2D eigenvalue weighted by Crippen LogP contribution is -2.06. The van der Waals surface area contributed by atoms with Crippen LogP contribution in [0.2, 0.25) is 0 Å². The van der Waals surface area contributed by atoms with E-state index >= 15 is 0 Å². The topological polar surface area (TPSA) is 60.2 Å². The maximum atomic E-state index is 10.3. The quantitative estimate of drug-likeness (QED) is 0.703. The van der Waals surface area contributed by atoms with Crippen LogP contribution in [0.3, 0.4) is 0 Å². The van der Waals surface area contributed by atoms with Crippen molar-refractivity contribution in [3.63, 3.8) is 0 Å². The van der Waals surface area contributed by atoms with Crippen LogP contribution < -0.4 is 5.73 Å². The predicted octanol–water partition coefficient (Wildman–Crippen LogP) is 1.50. The maximum absolute atomic E-state index is 10.3. The molecular formula is C9H19NO2. The minimum Gasteiger partial charge on any atom is -0.370 e. The molecule has 0 atom stereocenters. The van der Waals surface area contributed by atoms with E-state index in [-0.39, 0.29) is 11.7 Å². The summed E-state index contributed by atoms with van der Waals surface area (Å²) in [5.74, 6) is 0.567. The second-order valence-electron chi connectivity index (χ2n) is 3.12. The summed E-state index contributed by atoms with van der Waals surface area (Å²) in [4.78, 5) is 19.8. The molecule has 12 heavy (non-hydrogen) atoms. The van der Waals surface area contributed by atoms with Crippen LogP contribution in [0.5, 0.6) is 0 Å². The maximum Gasteiger partial charge on any atom is 0.217 e. The number of Topliss-reactive ketones (excluding diaryl/α,β-unsaturated/α-hetero) is 1. The molecule has 2 N–H and O–H groups in total. The number of carbonyl (C=O) groups is 2. The Balaban J connectivity index is 0. The summed E-state index contributed by atoms with van der Waals surface area (Å²) in [7, 11) is 0. The Hall–Kier alpha value is -0.860. The average Bonchev–Trinajstić information content (AvgIpc) is 1.85. The molecule has 3 heteroatoms. The highest BCUT2D eigenvalue weighted by molar-refractivity contribution is 5.75. The van der Waals surface area contributed by atoms with Gasteiger partial charge in [0.05, 0.1) is 0 Å². The molecule has 0 fully saturated rings. The van der Waals surface area contributed by atoms with E-state index in [0.717, 1.165) is 6.42 Å². The van der Waals surface area contributed by atoms with Crippen molar-refractivity contribution in [1.29, 1.82) is 0 Å². The lowest BCUT2D eigenvalue weighted by molar-refractivity contribution is -0.118. The fourth-order valence-corrected chi connectivity index (χ4v) is 0.575. The first-order valence-corrected chi connectivity index (χ1v) is 4.17. The number of hydrogen-bond acceptors (Lipinski definition) is 2. The molecule has 0 spiro atoms. The van der Waals surface area contributed by atoms with Gasteiger partial charge >= 0.3 is 0 Å². The van der Waals surface area contributed by atoms with Crippen LogP contribution >= 0.6 is 0 Å². The molecule has 72 valence electrons. The van der Waals surface area contributed by atoms with Crippen molar-refractivity contribution in [3.05, 3.63) is 0 Å². The first-order valence-electron chi connectivity index (χ1n) is 4.17. The summed E-state index contributed by atoms with van der Waals surface area (Å²) < 4.78 is 0. The molecule has 0 unspecified atom stereocenters. The number of carbonyl (C=O) groups excluding carboxylic acids is 2. The van der Waals surface area contributed by atoms with E-state index in [4.69, 9.17) is 0 Å². The molecule has 0 aromatic rings. The van der Waals surface area contributed by atoms with Crippen LogP contribution in [-0.2, 0) is 9.59 Å². The molecule has 1 amide bonds. The van der Waals surface area contributed by atoms with Gasteiger partial charge in [0.2, 0.25) is 5.91 Å². The number of amides is 1. The van der Waals surface area contributed by atoms with Crippen molar-refractivity contribution >= 4 is 11.7 Å². The Labute approximate surface area is 74.3 Å². The standard InChI is InChI=1S/C6H12O.C3H7NO/c1-5(2)4-6(3)7;1-2-3(4)5/h5H,4H2,1-3H3;2H2,1H3,(H2,4,5). The highest BCUT2D eigenvalue weighted by Gasteiger charge is 1.95. The van der Waals surface area contributed by atoms with Crippen molar-refractivity contribution < 1.29 is 9.59 Å². The first kappa shape index (κ1) is 13.7. The fourth-order valence-electron chi connectivity index (χ4n) is 0.575. The van der Waals surface area contributed by atoms with Gasteiger partial charge in [-0.1, -0.05) is 20.8 Å². The molecule has 0 bridgehead atoms. The Morgan fingerprint density at radius 3 is 1.67 bits per heavy atom. The normalized spacial score (nSPS) is 8.75. The van der Waals surface area contributed by atoms with Crippen molar-refractivity contribution in [1.82, 2.24) is 0 Å².